The molecule has 1 N–H and O–H groups in total. The molecule has 0 saturated carbocycles. The maximum absolute atomic E-state index is 13.6. The van der Waals surface area contributed by atoms with Crippen LogP contribution in [0.25, 0.3) is 44.3 Å². The summed E-state index contributed by atoms with van der Waals surface area (Å²) in [6, 6.07) is 22.9. The van der Waals surface area contributed by atoms with Gasteiger partial charge in [0.1, 0.15) is 11.4 Å². The van der Waals surface area contributed by atoms with Crippen molar-refractivity contribution in [2.24, 2.45) is 0 Å². The van der Waals surface area contributed by atoms with Crippen molar-refractivity contribution in [1.29, 1.82) is 0 Å². The van der Waals surface area contributed by atoms with Gasteiger partial charge < -0.3 is 4.98 Å². The lowest BCUT2D eigenvalue weighted by Crippen LogP contribution is -2.17. The molecule has 6 nitrogen and oxygen atoms in total. The first-order valence-electron chi connectivity index (χ1n) is 12.1. The minimum absolute atomic E-state index is 0.0173. The average Bonchev–Trinajstić information content (AvgIpc) is 2.95. The van der Waals surface area contributed by atoms with Crippen LogP contribution in [-0.2, 0) is 17.6 Å². The number of hydrogen-bond acceptors (Lipinski definition) is 5. The normalized spacial score (nSPS) is 11.2. The van der Waals surface area contributed by atoms with Crippen LogP contribution in [0, 0.1) is 0 Å². The number of rotatable bonds is 6. The molecule has 0 atom stereocenters. The Bertz CT molecular complexity index is 1870. The Kier molecular flexibility index (Phi) is 6.23. The number of ketones is 1. The smallest absolute Gasteiger partial charge is 0.194 e. The summed E-state index contributed by atoms with van der Waals surface area (Å²) in [5.74, 6) is -0.0641. The van der Waals surface area contributed by atoms with Crippen LogP contribution in [-0.4, -0.2) is 25.7 Å². The fraction of sp³-hybridized carbons (Fsp3) is 0.0645. The SMILES string of the molecule is O=C(Cc1cccnc1)Cc1c[nH]c2nc(-c3ccccc3)c(-c3cc(Cl)c4ncccc4c3)cc2c1=O. The zero-order valence-electron chi connectivity index (χ0n) is 20.2. The third kappa shape index (κ3) is 4.58. The summed E-state index contributed by atoms with van der Waals surface area (Å²) in [5.41, 5.74) is 5.36. The molecule has 0 bridgehead atoms. The molecule has 0 aliphatic rings. The fourth-order valence-electron chi connectivity index (χ4n) is 4.67. The van der Waals surface area contributed by atoms with Gasteiger partial charge in [-0.15, -0.1) is 0 Å². The number of carbonyl (C=O) groups is 1. The molecule has 0 amide bonds. The van der Waals surface area contributed by atoms with E-state index in [0.29, 0.717) is 32.8 Å². The monoisotopic (exact) mass is 516 g/mol. The largest absolute Gasteiger partial charge is 0.346 e. The molecular formula is C31H21ClN4O2. The first kappa shape index (κ1) is 23.7. The second-order valence-corrected chi connectivity index (χ2v) is 9.48. The second-order valence-electron chi connectivity index (χ2n) is 9.08. The first-order chi connectivity index (χ1) is 18.6. The molecular weight excluding hydrogens is 496 g/mol. The molecule has 0 radical (unpaired) electrons. The van der Waals surface area contributed by atoms with Crippen LogP contribution >= 0.6 is 11.6 Å². The summed E-state index contributed by atoms with van der Waals surface area (Å²) < 4.78 is 0. The minimum Gasteiger partial charge on any atom is -0.346 e. The van der Waals surface area contributed by atoms with Gasteiger partial charge in [-0.05, 0) is 41.5 Å². The van der Waals surface area contributed by atoms with Gasteiger partial charge in [0.05, 0.1) is 21.6 Å². The summed E-state index contributed by atoms with van der Waals surface area (Å²) in [6.45, 7) is 0. The van der Waals surface area contributed by atoms with Crippen LogP contribution in [0.15, 0.2) is 102 Å². The van der Waals surface area contributed by atoms with E-state index in [4.69, 9.17) is 16.6 Å². The molecule has 0 spiro atoms. The van der Waals surface area contributed by atoms with Crippen LogP contribution in [0.5, 0.6) is 0 Å². The van der Waals surface area contributed by atoms with Crippen molar-refractivity contribution in [3.05, 3.63) is 124 Å². The Morgan fingerprint density at radius 2 is 1.74 bits per heavy atom. The summed E-state index contributed by atoms with van der Waals surface area (Å²) in [7, 11) is 0. The number of Topliss-reactive ketones (excluding diaryl/α,β-unsaturated/α-hetero) is 1. The Hall–Kier alpha value is -4.68. The highest BCUT2D eigenvalue weighted by Crippen LogP contribution is 2.36. The molecule has 2 aromatic carbocycles. The molecule has 4 heterocycles. The molecule has 0 unspecified atom stereocenters. The van der Waals surface area contributed by atoms with Crippen molar-refractivity contribution in [3.8, 4) is 22.4 Å². The number of H-pyrrole nitrogens is 1. The van der Waals surface area contributed by atoms with E-state index in [1.54, 1.807) is 30.9 Å². The van der Waals surface area contributed by atoms with Gasteiger partial charge in [-0.2, -0.15) is 0 Å². The third-order valence-corrected chi connectivity index (χ3v) is 6.76. The van der Waals surface area contributed by atoms with Gasteiger partial charge >= 0.3 is 0 Å². The minimum atomic E-state index is -0.222. The summed E-state index contributed by atoms with van der Waals surface area (Å²) in [4.78, 5) is 42.8. The van der Waals surface area contributed by atoms with Gasteiger partial charge in [0.15, 0.2) is 5.43 Å². The van der Waals surface area contributed by atoms with Gasteiger partial charge in [-0.1, -0.05) is 54.1 Å². The zero-order valence-corrected chi connectivity index (χ0v) is 20.9. The Labute approximate surface area is 223 Å². The highest BCUT2D eigenvalue weighted by Gasteiger charge is 2.17. The van der Waals surface area contributed by atoms with E-state index in [2.05, 4.69) is 15.0 Å². The molecule has 0 fully saturated rings. The number of pyridine rings is 4. The highest BCUT2D eigenvalue weighted by atomic mass is 35.5. The molecule has 0 aliphatic carbocycles. The summed E-state index contributed by atoms with van der Waals surface area (Å²) in [6.07, 6.45) is 6.85. The summed E-state index contributed by atoms with van der Waals surface area (Å²) >= 11 is 6.62. The van der Waals surface area contributed by atoms with Crippen LogP contribution in [0.4, 0.5) is 0 Å². The van der Waals surface area contributed by atoms with Crippen LogP contribution < -0.4 is 5.43 Å². The predicted octanol–water partition coefficient (Wildman–Crippen LogP) is 6.21. The molecule has 38 heavy (non-hydrogen) atoms. The first-order valence-corrected chi connectivity index (χ1v) is 12.5. The van der Waals surface area contributed by atoms with Crippen molar-refractivity contribution >= 4 is 39.3 Å². The maximum Gasteiger partial charge on any atom is 0.194 e. The van der Waals surface area contributed by atoms with E-state index in [0.717, 1.165) is 27.6 Å². The topological polar surface area (TPSA) is 88.6 Å². The molecule has 0 saturated heterocycles. The van der Waals surface area contributed by atoms with Gasteiger partial charge in [0.25, 0.3) is 0 Å². The van der Waals surface area contributed by atoms with Crippen molar-refractivity contribution < 1.29 is 4.79 Å². The number of carbonyl (C=O) groups excluding carboxylic acids is 1. The number of benzene rings is 2. The molecule has 4 aromatic heterocycles. The van der Waals surface area contributed by atoms with Gasteiger partial charge in [0, 0.05) is 59.7 Å². The van der Waals surface area contributed by atoms with Gasteiger partial charge in [-0.25, -0.2) is 4.98 Å². The number of nitrogens with zero attached hydrogens (tertiary/aromatic N) is 3. The van der Waals surface area contributed by atoms with Crippen molar-refractivity contribution in [3.63, 3.8) is 0 Å². The van der Waals surface area contributed by atoms with E-state index in [1.807, 2.05) is 66.7 Å². The van der Waals surface area contributed by atoms with Gasteiger partial charge in [-0.3, -0.25) is 19.6 Å². The zero-order chi connectivity index (χ0) is 26.1. The standard InChI is InChI=1S/C31H21ClN4O2/c32-27-15-22(13-21-9-5-11-34-29(21)27)25-16-26-30(38)23(14-24(37)12-19-6-4-10-33-17-19)18-35-31(26)36-28(25)20-7-2-1-3-8-20/h1-11,13,15-18H,12,14H2,(H,35,36,38). The number of fused-ring (bicyclic) bond motifs is 2. The van der Waals surface area contributed by atoms with E-state index in [-0.39, 0.29) is 24.1 Å². The van der Waals surface area contributed by atoms with Crippen molar-refractivity contribution in [1.82, 2.24) is 19.9 Å². The van der Waals surface area contributed by atoms with Crippen LogP contribution in [0.2, 0.25) is 5.02 Å². The number of halogens is 1. The van der Waals surface area contributed by atoms with E-state index in [1.165, 1.54) is 0 Å². The van der Waals surface area contributed by atoms with Crippen molar-refractivity contribution in [2.45, 2.75) is 12.8 Å². The van der Waals surface area contributed by atoms with E-state index in [9.17, 15) is 9.59 Å². The quantitative estimate of drug-likeness (QED) is 0.284. The van der Waals surface area contributed by atoms with Gasteiger partial charge in [0.2, 0.25) is 0 Å². The molecule has 7 heteroatoms. The van der Waals surface area contributed by atoms with Crippen LogP contribution in [0.3, 0.4) is 0 Å². The molecule has 6 rings (SSSR count). The highest BCUT2D eigenvalue weighted by molar-refractivity contribution is 6.35. The Morgan fingerprint density at radius 1 is 0.895 bits per heavy atom. The predicted molar refractivity (Wildman–Crippen MR) is 150 cm³/mol. The number of aromatic amines is 1. The van der Waals surface area contributed by atoms with E-state index >= 15 is 0 Å². The summed E-state index contributed by atoms with van der Waals surface area (Å²) in [5, 5.41) is 1.81. The number of aromatic nitrogens is 4. The Morgan fingerprint density at radius 3 is 2.55 bits per heavy atom. The van der Waals surface area contributed by atoms with E-state index < -0.39 is 0 Å². The molecule has 0 aliphatic heterocycles. The lowest BCUT2D eigenvalue weighted by atomic mass is 9.96. The molecule has 184 valence electrons. The lowest BCUT2D eigenvalue weighted by molar-refractivity contribution is -0.117. The maximum atomic E-state index is 13.6. The lowest BCUT2D eigenvalue weighted by Gasteiger charge is -2.13. The van der Waals surface area contributed by atoms with Crippen LogP contribution in [0.1, 0.15) is 11.1 Å². The average molecular weight is 517 g/mol. The Balaban J connectivity index is 1.49. The fourth-order valence-corrected chi connectivity index (χ4v) is 4.94. The third-order valence-electron chi connectivity index (χ3n) is 6.47. The van der Waals surface area contributed by atoms with Crippen molar-refractivity contribution in [2.75, 3.05) is 0 Å². The number of hydrogen-bond donors (Lipinski definition) is 1. The molecule has 6 aromatic rings. The second kappa shape index (κ2) is 10.00. The number of nitrogens with one attached hydrogen (secondary N) is 1.